The second-order valence-electron chi connectivity index (χ2n) is 4.49. The number of aromatic amines is 1. The van der Waals surface area contributed by atoms with E-state index in [9.17, 15) is 0 Å². The van der Waals surface area contributed by atoms with Crippen molar-refractivity contribution < 1.29 is 0 Å². The minimum absolute atomic E-state index is 0.483. The molecule has 1 aliphatic carbocycles. The predicted octanol–water partition coefficient (Wildman–Crippen LogP) is 3.06. The average molecular weight is 251 g/mol. The molecule has 2 heterocycles. The summed E-state index contributed by atoms with van der Waals surface area (Å²) in [6.45, 7) is 2.29. The molecule has 0 bridgehead atoms. The topological polar surface area (TPSA) is 54.7 Å². The van der Waals surface area contributed by atoms with Crippen molar-refractivity contribution in [2.75, 3.05) is 5.73 Å². The molecule has 5 heteroatoms. The molecular weight excluding hydrogens is 238 g/mol. The maximum atomic E-state index is 6.02. The number of anilines is 1. The first-order valence-corrected chi connectivity index (χ1v) is 6.67. The van der Waals surface area contributed by atoms with Crippen LogP contribution in [0, 0.1) is 10.7 Å². The normalized spacial score (nSPS) is 19.9. The van der Waals surface area contributed by atoms with E-state index in [1.807, 2.05) is 0 Å². The first-order valence-electron chi connectivity index (χ1n) is 5.45. The first-order chi connectivity index (χ1) is 7.65. The van der Waals surface area contributed by atoms with Crippen LogP contribution in [0.5, 0.6) is 0 Å². The number of rotatable bonds is 0. The zero-order valence-corrected chi connectivity index (χ0v) is 10.7. The maximum Gasteiger partial charge on any atom is 0.199 e. The number of thiophene rings is 1. The summed E-state index contributed by atoms with van der Waals surface area (Å²) < 4.78 is 0.483. The third-order valence-electron chi connectivity index (χ3n) is 3.20. The van der Waals surface area contributed by atoms with Crippen LogP contribution in [0.25, 0.3) is 10.2 Å². The lowest BCUT2D eigenvalue weighted by atomic mass is 9.89. The Morgan fingerprint density at radius 2 is 2.38 bits per heavy atom. The number of nitrogens with two attached hydrogens (primary N) is 1. The smallest absolute Gasteiger partial charge is 0.199 e. The van der Waals surface area contributed by atoms with Crippen molar-refractivity contribution in [1.29, 1.82) is 0 Å². The van der Waals surface area contributed by atoms with E-state index < -0.39 is 0 Å². The van der Waals surface area contributed by atoms with Crippen LogP contribution in [0.1, 0.15) is 23.8 Å². The SMILES string of the molecule is C[C@@H]1CCc2sc3nc(=S)[nH]c(N)c3c2C1. The van der Waals surface area contributed by atoms with E-state index in [-0.39, 0.29) is 0 Å². The van der Waals surface area contributed by atoms with Crippen molar-refractivity contribution in [3.05, 3.63) is 15.2 Å². The van der Waals surface area contributed by atoms with Crippen LogP contribution in [0.2, 0.25) is 0 Å². The van der Waals surface area contributed by atoms with E-state index in [0.717, 1.165) is 29.0 Å². The van der Waals surface area contributed by atoms with Crippen LogP contribution in [-0.2, 0) is 12.8 Å². The van der Waals surface area contributed by atoms with Crippen LogP contribution in [-0.4, -0.2) is 9.97 Å². The first kappa shape index (κ1) is 10.2. The van der Waals surface area contributed by atoms with E-state index >= 15 is 0 Å². The number of hydrogen-bond acceptors (Lipinski definition) is 4. The van der Waals surface area contributed by atoms with Crippen LogP contribution in [0.15, 0.2) is 0 Å². The number of aromatic nitrogens is 2. The molecule has 16 heavy (non-hydrogen) atoms. The number of nitrogen functional groups attached to an aromatic ring is 1. The predicted molar refractivity (Wildman–Crippen MR) is 70.4 cm³/mol. The fourth-order valence-electron chi connectivity index (χ4n) is 2.40. The average Bonchev–Trinajstić information content (AvgIpc) is 2.54. The zero-order chi connectivity index (χ0) is 11.3. The lowest BCUT2D eigenvalue weighted by Gasteiger charge is -2.18. The van der Waals surface area contributed by atoms with Crippen molar-refractivity contribution in [3.8, 4) is 0 Å². The minimum Gasteiger partial charge on any atom is -0.385 e. The Hall–Kier alpha value is -0.940. The molecule has 0 aromatic carbocycles. The second kappa shape index (κ2) is 3.53. The zero-order valence-electron chi connectivity index (χ0n) is 9.04. The molecule has 0 radical (unpaired) electrons. The Bertz CT molecular complexity index is 611. The highest BCUT2D eigenvalue weighted by Crippen LogP contribution is 2.38. The van der Waals surface area contributed by atoms with E-state index in [1.165, 1.54) is 16.9 Å². The Kier molecular flexibility index (Phi) is 2.26. The molecule has 2 aromatic heterocycles. The quantitative estimate of drug-likeness (QED) is 0.708. The molecule has 1 atom stereocenters. The number of nitrogens with zero attached hydrogens (tertiary/aromatic N) is 1. The Morgan fingerprint density at radius 1 is 1.56 bits per heavy atom. The molecule has 84 valence electrons. The fraction of sp³-hybridized carbons (Fsp3) is 0.455. The molecule has 0 amide bonds. The lowest BCUT2D eigenvalue weighted by Crippen LogP contribution is -2.09. The lowest BCUT2D eigenvalue weighted by molar-refractivity contribution is 0.508. The molecule has 1 aliphatic rings. The molecule has 0 saturated carbocycles. The second-order valence-corrected chi connectivity index (χ2v) is 5.96. The van der Waals surface area contributed by atoms with Crippen molar-refractivity contribution in [3.63, 3.8) is 0 Å². The van der Waals surface area contributed by atoms with Crippen molar-refractivity contribution in [1.82, 2.24) is 9.97 Å². The highest BCUT2D eigenvalue weighted by atomic mass is 32.1. The molecule has 0 saturated heterocycles. The summed E-state index contributed by atoms with van der Waals surface area (Å²) in [6, 6.07) is 0. The number of nitrogens with one attached hydrogen (secondary N) is 1. The molecule has 2 aromatic rings. The summed E-state index contributed by atoms with van der Waals surface area (Å²) >= 11 is 6.80. The van der Waals surface area contributed by atoms with Gasteiger partial charge in [0, 0.05) is 4.88 Å². The van der Waals surface area contributed by atoms with Gasteiger partial charge in [-0.3, -0.25) is 0 Å². The van der Waals surface area contributed by atoms with Gasteiger partial charge in [0.2, 0.25) is 0 Å². The van der Waals surface area contributed by atoms with Gasteiger partial charge in [0.05, 0.1) is 5.39 Å². The van der Waals surface area contributed by atoms with Gasteiger partial charge in [-0.15, -0.1) is 11.3 Å². The van der Waals surface area contributed by atoms with Gasteiger partial charge in [-0.2, -0.15) is 0 Å². The summed E-state index contributed by atoms with van der Waals surface area (Å²) in [6.07, 6.45) is 3.54. The molecule has 3 N–H and O–H groups in total. The number of H-pyrrole nitrogens is 1. The van der Waals surface area contributed by atoms with Crippen LogP contribution < -0.4 is 5.73 Å². The monoisotopic (exact) mass is 251 g/mol. The number of hydrogen-bond donors (Lipinski definition) is 2. The van der Waals surface area contributed by atoms with Crippen molar-refractivity contribution in [2.24, 2.45) is 5.92 Å². The van der Waals surface area contributed by atoms with Crippen LogP contribution in [0.4, 0.5) is 5.82 Å². The fourth-order valence-corrected chi connectivity index (χ4v) is 3.89. The third kappa shape index (κ3) is 1.46. The van der Waals surface area contributed by atoms with Gasteiger partial charge in [0.25, 0.3) is 0 Å². The van der Waals surface area contributed by atoms with E-state index in [1.54, 1.807) is 11.3 Å². The van der Waals surface area contributed by atoms with E-state index in [4.69, 9.17) is 18.0 Å². The minimum atomic E-state index is 0.483. The summed E-state index contributed by atoms with van der Waals surface area (Å²) in [5.41, 5.74) is 7.41. The van der Waals surface area contributed by atoms with Gasteiger partial charge in [0.1, 0.15) is 10.6 Å². The standard InChI is InChI=1S/C11H13N3S2/c1-5-2-3-7-6(4-5)8-9(12)13-11(15)14-10(8)16-7/h5H,2-4H2,1H3,(H3,12,13,14,15)/t5-/m1/s1. The highest BCUT2D eigenvalue weighted by Gasteiger charge is 2.22. The molecule has 0 aliphatic heterocycles. The van der Waals surface area contributed by atoms with Gasteiger partial charge in [0.15, 0.2) is 4.77 Å². The van der Waals surface area contributed by atoms with Gasteiger partial charge in [-0.1, -0.05) is 6.92 Å². The van der Waals surface area contributed by atoms with Crippen molar-refractivity contribution in [2.45, 2.75) is 26.2 Å². The van der Waals surface area contributed by atoms with Crippen molar-refractivity contribution >= 4 is 39.6 Å². The van der Waals surface area contributed by atoms with E-state index in [0.29, 0.717) is 10.6 Å². The molecule has 0 fully saturated rings. The van der Waals surface area contributed by atoms with Crippen LogP contribution in [0.3, 0.4) is 0 Å². The molecule has 0 unspecified atom stereocenters. The Labute approximate surface area is 103 Å². The molecule has 3 nitrogen and oxygen atoms in total. The summed E-state index contributed by atoms with van der Waals surface area (Å²) in [5.74, 6) is 1.43. The van der Waals surface area contributed by atoms with Gasteiger partial charge in [-0.25, -0.2) is 4.98 Å². The molecular formula is C11H13N3S2. The summed E-state index contributed by atoms with van der Waals surface area (Å²) in [7, 11) is 0. The van der Waals surface area contributed by atoms with Gasteiger partial charge < -0.3 is 10.7 Å². The Morgan fingerprint density at radius 3 is 3.19 bits per heavy atom. The molecule has 3 rings (SSSR count). The Balaban J connectivity index is 2.35. The van der Waals surface area contributed by atoms with Gasteiger partial charge >= 0.3 is 0 Å². The third-order valence-corrected chi connectivity index (χ3v) is 4.58. The van der Waals surface area contributed by atoms with E-state index in [2.05, 4.69) is 16.9 Å². The summed E-state index contributed by atoms with van der Waals surface area (Å²) in [4.78, 5) is 9.76. The number of aryl methyl sites for hydroxylation is 1. The van der Waals surface area contributed by atoms with Crippen LogP contribution >= 0.6 is 23.6 Å². The maximum absolute atomic E-state index is 6.02. The molecule has 0 spiro atoms. The van der Waals surface area contributed by atoms with Gasteiger partial charge in [-0.05, 0) is 43.0 Å². The number of fused-ring (bicyclic) bond motifs is 3. The summed E-state index contributed by atoms with van der Waals surface area (Å²) in [5, 5.41) is 1.11. The largest absolute Gasteiger partial charge is 0.385 e. The highest BCUT2D eigenvalue weighted by molar-refractivity contribution is 7.71.